The van der Waals surface area contributed by atoms with Crippen molar-refractivity contribution in [2.24, 2.45) is 15.7 Å². The van der Waals surface area contributed by atoms with Gasteiger partial charge in [-0.15, -0.1) is 0 Å². The molecular weight excluding hydrogens is 302 g/mol. The molecule has 0 fully saturated rings. The molecule has 0 amide bonds. The van der Waals surface area contributed by atoms with E-state index >= 15 is 0 Å². The Labute approximate surface area is 140 Å². The van der Waals surface area contributed by atoms with Crippen molar-refractivity contribution in [3.05, 3.63) is 41.1 Å². The van der Waals surface area contributed by atoms with Crippen LogP contribution >= 0.6 is 0 Å². The summed E-state index contributed by atoms with van der Waals surface area (Å²) in [5.74, 6) is 1.89. The monoisotopic (exact) mass is 323 g/mol. The molecule has 4 rings (SSSR count). The first-order chi connectivity index (χ1) is 11.7. The van der Waals surface area contributed by atoms with Gasteiger partial charge in [0.05, 0.1) is 13.1 Å². The van der Waals surface area contributed by atoms with E-state index in [9.17, 15) is 0 Å². The van der Waals surface area contributed by atoms with Gasteiger partial charge in [0.1, 0.15) is 5.84 Å². The van der Waals surface area contributed by atoms with Gasteiger partial charge >= 0.3 is 0 Å². The molecule has 0 bridgehead atoms. The van der Waals surface area contributed by atoms with Crippen molar-refractivity contribution >= 4 is 23.2 Å². The second-order valence-corrected chi connectivity index (χ2v) is 6.28. The zero-order valence-electron chi connectivity index (χ0n) is 13.7. The third-order valence-electron chi connectivity index (χ3n) is 4.34. The summed E-state index contributed by atoms with van der Waals surface area (Å²) in [5, 5.41) is 10.5. The number of aromatic amines is 1. The summed E-state index contributed by atoms with van der Waals surface area (Å²) in [6, 6.07) is 8.53. The van der Waals surface area contributed by atoms with Crippen molar-refractivity contribution in [2.75, 3.05) is 24.5 Å². The van der Waals surface area contributed by atoms with Gasteiger partial charge in [-0.05, 0) is 43.1 Å². The smallest absolute Gasteiger partial charge is 0.175 e. The van der Waals surface area contributed by atoms with Crippen LogP contribution < -0.4 is 16.0 Å². The summed E-state index contributed by atoms with van der Waals surface area (Å²) in [6.07, 6.45) is 1.09. The van der Waals surface area contributed by atoms with Crippen LogP contribution in [0.15, 0.2) is 34.3 Å². The molecule has 24 heavy (non-hydrogen) atoms. The lowest BCUT2D eigenvalue weighted by Gasteiger charge is -2.29. The first-order valence-corrected chi connectivity index (χ1v) is 8.17. The molecule has 0 radical (unpaired) electrons. The molecule has 1 aromatic heterocycles. The Morgan fingerprint density at radius 2 is 2.12 bits per heavy atom. The van der Waals surface area contributed by atoms with Crippen LogP contribution in [0.3, 0.4) is 0 Å². The van der Waals surface area contributed by atoms with Crippen LogP contribution in [0.5, 0.6) is 0 Å². The fourth-order valence-corrected chi connectivity index (χ4v) is 3.16. The van der Waals surface area contributed by atoms with E-state index in [1.54, 1.807) is 0 Å². The Morgan fingerprint density at radius 3 is 2.96 bits per heavy atom. The van der Waals surface area contributed by atoms with E-state index in [-0.39, 0.29) is 0 Å². The molecule has 0 aliphatic carbocycles. The van der Waals surface area contributed by atoms with Crippen LogP contribution in [-0.2, 0) is 13.0 Å². The normalized spacial score (nSPS) is 19.3. The number of aliphatic imine (C=N–C) groups is 2. The highest BCUT2D eigenvalue weighted by atomic mass is 15.2. The molecule has 3 heterocycles. The SMILES string of the molecule is Cc1cc(N=C2CN(c3ccc4c(c3)CNCC4)CC(N)=N2)n[nH]1. The van der Waals surface area contributed by atoms with Crippen molar-refractivity contribution in [3.8, 4) is 0 Å². The van der Waals surface area contributed by atoms with Gasteiger partial charge in [-0.25, -0.2) is 9.98 Å². The largest absolute Gasteiger partial charge is 0.386 e. The van der Waals surface area contributed by atoms with E-state index < -0.39 is 0 Å². The van der Waals surface area contributed by atoms with Crippen LogP contribution in [0.4, 0.5) is 11.5 Å². The standard InChI is InChI=1S/C17H21N7/c1-11-6-16(23-22-11)21-17-10-24(9-15(18)20-17)14-3-2-12-4-5-19-8-13(12)7-14/h2-3,6-7,19H,4-5,8-10H2,1H3,(H3,18,20,21,22,23). The Morgan fingerprint density at radius 1 is 1.21 bits per heavy atom. The molecule has 0 saturated heterocycles. The minimum absolute atomic E-state index is 0.572. The third-order valence-corrected chi connectivity index (χ3v) is 4.34. The number of rotatable bonds is 2. The topological polar surface area (TPSA) is 94.7 Å². The third kappa shape index (κ3) is 3.03. The van der Waals surface area contributed by atoms with Crippen LogP contribution in [0.2, 0.25) is 0 Å². The number of aryl methyl sites for hydroxylation is 1. The summed E-state index contributed by atoms with van der Waals surface area (Å²) >= 11 is 0. The maximum absolute atomic E-state index is 6.04. The van der Waals surface area contributed by atoms with Crippen LogP contribution in [0, 0.1) is 6.92 Å². The first-order valence-electron chi connectivity index (χ1n) is 8.17. The number of aromatic nitrogens is 2. The van der Waals surface area contributed by atoms with E-state index in [4.69, 9.17) is 5.73 Å². The van der Waals surface area contributed by atoms with E-state index in [0.29, 0.717) is 30.6 Å². The lowest BCUT2D eigenvalue weighted by Crippen LogP contribution is -2.42. The van der Waals surface area contributed by atoms with E-state index in [1.807, 2.05) is 13.0 Å². The number of hydrogen-bond donors (Lipinski definition) is 3. The van der Waals surface area contributed by atoms with Gasteiger partial charge < -0.3 is 16.0 Å². The number of H-pyrrole nitrogens is 1. The number of anilines is 1. The number of hydrogen-bond acceptors (Lipinski definition) is 5. The van der Waals surface area contributed by atoms with Gasteiger partial charge in [0.15, 0.2) is 11.7 Å². The molecule has 2 aliphatic rings. The maximum Gasteiger partial charge on any atom is 0.175 e. The second kappa shape index (κ2) is 6.09. The zero-order valence-corrected chi connectivity index (χ0v) is 13.7. The second-order valence-electron chi connectivity index (χ2n) is 6.28. The average molecular weight is 323 g/mol. The summed E-state index contributed by atoms with van der Waals surface area (Å²) in [4.78, 5) is 11.1. The van der Waals surface area contributed by atoms with Crippen LogP contribution in [0.25, 0.3) is 0 Å². The number of benzene rings is 1. The number of fused-ring (bicyclic) bond motifs is 1. The van der Waals surface area contributed by atoms with E-state index in [1.165, 1.54) is 11.1 Å². The van der Waals surface area contributed by atoms with Gasteiger partial charge in [0.25, 0.3) is 0 Å². The van der Waals surface area contributed by atoms with E-state index in [0.717, 1.165) is 30.9 Å². The molecule has 0 unspecified atom stereocenters. The fourth-order valence-electron chi connectivity index (χ4n) is 3.16. The summed E-state index contributed by atoms with van der Waals surface area (Å²) in [5.41, 5.74) is 11.0. The zero-order chi connectivity index (χ0) is 16.5. The highest BCUT2D eigenvalue weighted by molar-refractivity contribution is 6.04. The summed E-state index contributed by atoms with van der Waals surface area (Å²) < 4.78 is 0. The van der Waals surface area contributed by atoms with Crippen molar-refractivity contribution < 1.29 is 0 Å². The predicted molar refractivity (Wildman–Crippen MR) is 96.1 cm³/mol. The molecule has 0 atom stereocenters. The average Bonchev–Trinajstić information content (AvgIpc) is 2.98. The van der Waals surface area contributed by atoms with Crippen molar-refractivity contribution in [3.63, 3.8) is 0 Å². The molecule has 124 valence electrons. The number of amidine groups is 2. The molecule has 4 N–H and O–H groups in total. The van der Waals surface area contributed by atoms with Gasteiger partial charge in [-0.2, -0.15) is 5.10 Å². The first kappa shape index (κ1) is 14.9. The van der Waals surface area contributed by atoms with E-state index in [2.05, 4.69) is 48.6 Å². The quantitative estimate of drug-likeness (QED) is 0.776. The molecule has 2 aromatic rings. The number of nitrogens with one attached hydrogen (secondary N) is 2. The molecule has 0 spiro atoms. The van der Waals surface area contributed by atoms with Crippen LogP contribution in [0.1, 0.15) is 16.8 Å². The molecule has 0 saturated carbocycles. The fraction of sp³-hybridized carbons (Fsp3) is 0.353. The Hall–Kier alpha value is -2.67. The van der Waals surface area contributed by atoms with Crippen molar-refractivity contribution in [1.29, 1.82) is 0 Å². The van der Waals surface area contributed by atoms with Crippen molar-refractivity contribution in [2.45, 2.75) is 19.9 Å². The van der Waals surface area contributed by atoms with Gasteiger partial charge in [-0.3, -0.25) is 5.10 Å². The minimum Gasteiger partial charge on any atom is -0.386 e. The van der Waals surface area contributed by atoms with Gasteiger partial charge in [0.2, 0.25) is 0 Å². The highest BCUT2D eigenvalue weighted by Crippen LogP contribution is 2.23. The maximum atomic E-state index is 6.04. The van der Waals surface area contributed by atoms with Crippen LogP contribution in [-0.4, -0.2) is 41.5 Å². The van der Waals surface area contributed by atoms with Gasteiger partial charge in [0, 0.05) is 24.0 Å². The Balaban J connectivity index is 1.60. The number of nitrogens with zero attached hydrogens (tertiary/aromatic N) is 4. The van der Waals surface area contributed by atoms with Gasteiger partial charge in [-0.1, -0.05) is 6.07 Å². The molecular formula is C17H21N7. The molecule has 1 aromatic carbocycles. The minimum atomic E-state index is 0.572. The predicted octanol–water partition coefficient (Wildman–Crippen LogP) is 1.27. The van der Waals surface area contributed by atoms with Crippen molar-refractivity contribution in [1.82, 2.24) is 15.5 Å². The Bertz CT molecular complexity index is 818. The number of nitrogens with two attached hydrogens (primary N) is 1. The highest BCUT2D eigenvalue weighted by Gasteiger charge is 2.19. The molecule has 7 nitrogen and oxygen atoms in total. The summed E-state index contributed by atoms with van der Waals surface area (Å²) in [7, 11) is 0. The summed E-state index contributed by atoms with van der Waals surface area (Å²) in [6.45, 7) is 5.16. The lowest BCUT2D eigenvalue weighted by atomic mass is 10.00. The molecule has 7 heteroatoms. The molecule has 2 aliphatic heterocycles. The lowest BCUT2D eigenvalue weighted by molar-refractivity contribution is 0.643. The Kier molecular flexibility index (Phi) is 3.78.